The molecular formula is C13H25NO. The molecule has 1 aliphatic carbocycles. The maximum Gasteiger partial charge on any atom is 0.0495 e. The van der Waals surface area contributed by atoms with Crippen LogP contribution in [-0.2, 0) is 4.74 Å². The minimum absolute atomic E-state index is 0.811. The van der Waals surface area contributed by atoms with Crippen molar-refractivity contribution in [1.82, 2.24) is 5.32 Å². The van der Waals surface area contributed by atoms with E-state index in [9.17, 15) is 0 Å². The van der Waals surface area contributed by atoms with Crippen LogP contribution in [0.2, 0.25) is 0 Å². The van der Waals surface area contributed by atoms with Crippen molar-refractivity contribution in [2.24, 2.45) is 11.8 Å². The van der Waals surface area contributed by atoms with Gasteiger partial charge in [0, 0.05) is 19.3 Å². The Kier molecular flexibility index (Phi) is 4.45. The zero-order valence-electron chi connectivity index (χ0n) is 10.0. The first kappa shape index (κ1) is 11.4. The van der Waals surface area contributed by atoms with Gasteiger partial charge in [-0.25, -0.2) is 0 Å². The van der Waals surface area contributed by atoms with Gasteiger partial charge in [0.25, 0.3) is 0 Å². The Morgan fingerprint density at radius 3 is 2.80 bits per heavy atom. The molecule has 1 saturated heterocycles. The van der Waals surface area contributed by atoms with Gasteiger partial charge in [-0.2, -0.15) is 0 Å². The Labute approximate surface area is 93.8 Å². The van der Waals surface area contributed by atoms with E-state index < -0.39 is 0 Å². The van der Waals surface area contributed by atoms with Crippen LogP contribution in [-0.4, -0.2) is 25.8 Å². The monoisotopic (exact) mass is 211 g/mol. The number of hydrogen-bond donors (Lipinski definition) is 1. The van der Waals surface area contributed by atoms with E-state index in [2.05, 4.69) is 12.2 Å². The van der Waals surface area contributed by atoms with E-state index in [4.69, 9.17) is 4.74 Å². The highest BCUT2D eigenvalue weighted by molar-refractivity contribution is 4.86. The average Bonchev–Trinajstić information content (AvgIpc) is 2.95. The molecule has 2 unspecified atom stereocenters. The van der Waals surface area contributed by atoms with Gasteiger partial charge >= 0.3 is 0 Å². The van der Waals surface area contributed by atoms with Crippen LogP contribution >= 0.6 is 0 Å². The second-order valence-electron chi connectivity index (χ2n) is 5.21. The smallest absolute Gasteiger partial charge is 0.0495 e. The SMILES string of the molecule is CCCNC(CCC1CCOC1)C1CC1. The van der Waals surface area contributed by atoms with Crippen LogP contribution in [0.5, 0.6) is 0 Å². The summed E-state index contributed by atoms with van der Waals surface area (Å²) < 4.78 is 5.43. The standard InChI is InChI=1S/C13H25NO/c1-2-8-14-13(12-4-5-12)6-3-11-7-9-15-10-11/h11-14H,2-10H2,1H3. The minimum Gasteiger partial charge on any atom is -0.381 e. The predicted octanol–water partition coefficient (Wildman–Crippen LogP) is 2.58. The lowest BCUT2D eigenvalue weighted by atomic mass is 9.97. The summed E-state index contributed by atoms with van der Waals surface area (Å²) in [6.45, 7) is 5.47. The number of ether oxygens (including phenoxy) is 1. The lowest BCUT2D eigenvalue weighted by molar-refractivity contribution is 0.182. The highest BCUT2D eigenvalue weighted by Crippen LogP contribution is 2.35. The molecule has 0 spiro atoms. The normalized spacial score (nSPS) is 28.2. The van der Waals surface area contributed by atoms with Gasteiger partial charge in [0.05, 0.1) is 0 Å². The van der Waals surface area contributed by atoms with E-state index in [-0.39, 0.29) is 0 Å². The van der Waals surface area contributed by atoms with Crippen molar-refractivity contribution in [3.05, 3.63) is 0 Å². The van der Waals surface area contributed by atoms with Gasteiger partial charge < -0.3 is 10.1 Å². The molecule has 2 heteroatoms. The van der Waals surface area contributed by atoms with E-state index in [0.29, 0.717) is 0 Å². The summed E-state index contributed by atoms with van der Waals surface area (Å²) in [7, 11) is 0. The molecule has 0 aromatic heterocycles. The third-order valence-electron chi connectivity index (χ3n) is 3.76. The maximum atomic E-state index is 5.43. The van der Waals surface area contributed by atoms with Crippen LogP contribution in [0.3, 0.4) is 0 Å². The molecule has 0 amide bonds. The van der Waals surface area contributed by atoms with Gasteiger partial charge in [-0.3, -0.25) is 0 Å². The lowest BCUT2D eigenvalue weighted by Gasteiger charge is -2.19. The first-order chi connectivity index (χ1) is 7.40. The van der Waals surface area contributed by atoms with Gasteiger partial charge in [0.15, 0.2) is 0 Å². The highest BCUT2D eigenvalue weighted by Gasteiger charge is 2.31. The molecule has 2 fully saturated rings. The number of hydrogen-bond acceptors (Lipinski definition) is 2. The summed E-state index contributed by atoms with van der Waals surface area (Å²) in [5.74, 6) is 1.86. The molecule has 0 bridgehead atoms. The van der Waals surface area contributed by atoms with Crippen LogP contribution in [0.4, 0.5) is 0 Å². The minimum atomic E-state index is 0.811. The van der Waals surface area contributed by atoms with E-state index >= 15 is 0 Å². The molecule has 15 heavy (non-hydrogen) atoms. The van der Waals surface area contributed by atoms with E-state index in [1.165, 1.54) is 45.1 Å². The summed E-state index contributed by atoms with van der Waals surface area (Å²) in [6, 6.07) is 0.811. The quantitative estimate of drug-likeness (QED) is 0.699. The molecular weight excluding hydrogens is 186 g/mol. The third-order valence-corrected chi connectivity index (χ3v) is 3.76. The van der Waals surface area contributed by atoms with Crippen LogP contribution in [0, 0.1) is 11.8 Å². The molecule has 1 aliphatic heterocycles. The van der Waals surface area contributed by atoms with E-state index in [1.807, 2.05) is 0 Å². The zero-order chi connectivity index (χ0) is 10.5. The zero-order valence-corrected chi connectivity index (χ0v) is 10.0. The Morgan fingerprint density at radius 2 is 2.20 bits per heavy atom. The number of rotatable bonds is 7. The Hall–Kier alpha value is -0.0800. The van der Waals surface area contributed by atoms with Crippen molar-refractivity contribution < 1.29 is 4.74 Å². The van der Waals surface area contributed by atoms with Crippen molar-refractivity contribution in [2.45, 2.75) is 51.5 Å². The summed E-state index contributed by atoms with van der Waals surface area (Å²) in [5, 5.41) is 3.71. The first-order valence-corrected chi connectivity index (χ1v) is 6.71. The number of nitrogens with one attached hydrogen (secondary N) is 1. The van der Waals surface area contributed by atoms with Crippen LogP contribution < -0.4 is 5.32 Å². The fourth-order valence-electron chi connectivity index (χ4n) is 2.56. The van der Waals surface area contributed by atoms with Crippen molar-refractivity contribution >= 4 is 0 Å². The largest absolute Gasteiger partial charge is 0.381 e. The molecule has 2 atom stereocenters. The fourth-order valence-corrected chi connectivity index (χ4v) is 2.56. The highest BCUT2D eigenvalue weighted by atomic mass is 16.5. The Bertz CT molecular complexity index is 173. The van der Waals surface area contributed by atoms with Gasteiger partial charge in [0.1, 0.15) is 0 Å². The molecule has 88 valence electrons. The summed E-state index contributed by atoms with van der Waals surface area (Å²) in [6.07, 6.45) is 8.22. The molecule has 1 heterocycles. The molecule has 0 aromatic carbocycles. The Morgan fingerprint density at radius 1 is 1.33 bits per heavy atom. The average molecular weight is 211 g/mol. The van der Waals surface area contributed by atoms with E-state index in [0.717, 1.165) is 31.1 Å². The molecule has 2 nitrogen and oxygen atoms in total. The second-order valence-corrected chi connectivity index (χ2v) is 5.21. The molecule has 1 N–H and O–H groups in total. The predicted molar refractivity (Wildman–Crippen MR) is 63.0 cm³/mol. The van der Waals surface area contributed by atoms with Crippen molar-refractivity contribution in [3.8, 4) is 0 Å². The second kappa shape index (κ2) is 5.86. The van der Waals surface area contributed by atoms with Gasteiger partial charge in [-0.15, -0.1) is 0 Å². The molecule has 0 radical (unpaired) electrons. The van der Waals surface area contributed by atoms with Crippen LogP contribution in [0.15, 0.2) is 0 Å². The summed E-state index contributed by atoms with van der Waals surface area (Å²) >= 11 is 0. The van der Waals surface area contributed by atoms with Gasteiger partial charge in [-0.1, -0.05) is 6.92 Å². The van der Waals surface area contributed by atoms with Crippen LogP contribution in [0.1, 0.15) is 45.4 Å². The fraction of sp³-hybridized carbons (Fsp3) is 1.00. The third kappa shape index (κ3) is 3.76. The van der Waals surface area contributed by atoms with Gasteiger partial charge in [0.2, 0.25) is 0 Å². The van der Waals surface area contributed by atoms with E-state index in [1.54, 1.807) is 0 Å². The molecule has 1 saturated carbocycles. The lowest BCUT2D eigenvalue weighted by Crippen LogP contribution is -2.32. The van der Waals surface area contributed by atoms with Crippen molar-refractivity contribution in [3.63, 3.8) is 0 Å². The van der Waals surface area contributed by atoms with Gasteiger partial charge in [-0.05, 0) is 56.9 Å². The van der Waals surface area contributed by atoms with Crippen molar-refractivity contribution in [2.75, 3.05) is 19.8 Å². The van der Waals surface area contributed by atoms with Crippen LogP contribution in [0.25, 0.3) is 0 Å². The summed E-state index contributed by atoms with van der Waals surface area (Å²) in [5.41, 5.74) is 0. The maximum absolute atomic E-state index is 5.43. The Balaban J connectivity index is 1.64. The first-order valence-electron chi connectivity index (χ1n) is 6.71. The molecule has 0 aromatic rings. The molecule has 2 aliphatic rings. The molecule has 2 rings (SSSR count). The topological polar surface area (TPSA) is 21.3 Å². The van der Waals surface area contributed by atoms with Crippen molar-refractivity contribution in [1.29, 1.82) is 0 Å². The summed E-state index contributed by atoms with van der Waals surface area (Å²) in [4.78, 5) is 0.